The Bertz CT molecular complexity index is 915. The van der Waals surface area contributed by atoms with Gasteiger partial charge in [0.2, 0.25) is 12.2 Å². The summed E-state index contributed by atoms with van der Waals surface area (Å²) in [5, 5.41) is 11.8. The summed E-state index contributed by atoms with van der Waals surface area (Å²) < 4.78 is 27.3. The van der Waals surface area contributed by atoms with Gasteiger partial charge in [-0.1, -0.05) is 6.07 Å². The lowest BCUT2D eigenvalue weighted by Gasteiger charge is -2.44. The molecule has 0 spiro atoms. The molecule has 0 bridgehead atoms. The summed E-state index contributed by atoms with van der Waals surface area (Å²) in [6, 6.07) is 4.32. The molecule has 0 radical (unpaired) electrons. The third-order valence-electron chi connectivity index (χ3n) is 4.40. The fraction of sp³-hybridized carbons (Fsp3) is 0.476. The maximum Gasteiger partial charge on any atom is 0.335 e. The second-order valence-corrected chi connectivity index (χ2v) is 7.17. The Balaban J connectivity index is 2.47. The van der Waals surface area contributed by atoms with Crippen LogP contribution in [0.1, 0.15) is 38.1 Å². The Morgan fingerprint density at radius 3 is 2.15 bits per heavy atom. The molecule has 1 fully saturated rings. The van der Waals surface area contributed by atoms with E-state index in [9.17, 15) is 29.1 Å². The molecule has 2 N–H and O–H groups in total. The Morgan fingerprint density at radius 1 is 0.970 bits per heavy atom. The molecule has 1 amide bonds. The van der Waals surface area contributed by atoms with Gasteiger partial charge in [-0.25, -0.2) is 4.79 Å². The van der Waals surface area contributed by atoms with Crippen molar-refractivity contribution in [2.75, 3.05) is 6.61 Å². The highest BCUT2D eigenvalue weighted by Crippen LogP contribution is 2.29. The molecule has 12 nitrogen and oxygen atoms in total. The monoisotopic (exact) mass is 467 g/mol. The third-order valence-corrected chi connectivity index (χ3v) is 4.40. The summed E-state index contributed by atoms with van der Waals surface area (Å²) in [7, 11) is 0. The minimum absolute atomic E-state index is 0.0647. The number of esters is 3. The van der Waals surface area contributed by atoms with E-state index in [4.69, 9.17) is 23.7 Å². The smallest absolute Gasteiger partial charge is 0.335 e. The first-order valence-corrected chi connectivity index (χ1v) is 9.88. The highest BCUT2D eigenvalue weighted by atomic mass is 16.7. The van der Waals surface area contributed by atoms with Crippen LogP contribution in [0.5, 0.6) is 5.75 Å². The van der Waals surface area contributed by atoms with Crippen LogP contribution in [0, 0.1) is 0 Å². The molecule has 1 aliphatic rings. The van der Waals surface area contributed by atoms with Gasteiger partial charge < -0.3 is 34.1 Å². The molecular formula is C21H25NO11. The van der Waals surface area contributed by atoms with Gasteiger partial charge in [0.1, 0.15) is 24.5 Å². The zero-order valence-corrected chi connectivity index (χ0v) is 18.4. The summed E-state index contributed by atoms with van der Waals surface area (Å²) in [5.41, 5.74) is -0.0647. The SMILES string of the molecule is CC(=O)N[C@H]1[C@H](Oc2cccc(C(=O)O)c2)O[C@H](COC(C)=O)[C@@H](OC(C)=O)[C@@H]1OC(C)=O. The second kappa shape index (κ2) is 11.3. The van der Waals surface area contributed by atoms with E-state index in [1.54, 1.807) is 0 Å². The molecule has 1 saturated heterocycles. The van der Waals surface area contributed by atoms with E-state index in [1.807, 2.05) is 0 Å². The fourth-order valence-electron chi connectivity index (χ4n) is 3.23. The molecule has 5 atom stereocenters. The van der Waals surface area contributed by atoms with Crippen molar-refractivity contribution in [1.82, 2.24) is 5.32 Å². The molecule has 2 rings (SSSR count). The molecule has 1 aromatic carbocycles. The van der Waals surface area contributed by atoms with Crippen LogP contribution in [0.15, 0.2) is 24.3 Å². The molecule has 33 heavy (non-hydrogen) atoms. The van der Waals surface area contributed by atoms with Crippen molar-refractivity contribution in [3.05, 3.63) is 29.8 Å². The molecule has 12 heteroatoms. The zero-order valence-electron chi connectivity index (χ0n) is 18.4. The first-order chi connectivity index (χ1) is 15.5. The lowest BCUT2D eigenvalue weighted by Crippen LogP contribution is -2.67. The van der Waals surface area contributed by atoms with Crippen LogP contribution >= 0.6 is 0 Å². The summed E-state index contributed by atoms with van der Waals surface area (Å²) >= 11 is 0. The maximum atomic E-state index is 11.9. The van der Waals surface area contributed by atoms with Gasteiger partial charge in [0, 0.05) is 27.7 Å². The van der Waals surface area contributed by atoms with Crippen molar-refractivity contribution in [3.63, 3.8) is 0 Å². The van der Waals surface area contributed by atoms with E-state index in [0.717, 1.165) is 13.8 Å². The van der Waals surface area contributed by atoms with Gasteiger partial charge >= 0.3 is 23.9 Å². The number of carbonyl (C=O) groups is 5. The number of carboxylic acid groups (broad SMARTS) is 1. The van der Waals surface area contributed by atoms with Crippen LogP contribution < -0.4 is 10.1 Å². The van der Waals surface area contributed by atoms with Crippen LogP contribution in [-0.2, 0) is 38.1 Å². The minimum Gasteiger partial charge on any atom is -0.478 e. The number of aromatic carboxylic acids is 1. The number of ether oxygens (including phenoxy) is 5. The number of amides is 1. The Morgan fingerprint density at radius 2 is 1.61 bits per heavy atom. The number of nitrogens with one attached hydrogen (secondary N) is 1. The van der Waals surface area contributed by atoms with Gasteiger partial charge in [0.15, 0.2) is 12.2 Å². The van der Waals surface area contributed by atoms with Crippen LogP contribution in [-0.4, -0.2) is 72.1 Å². The highest BCUT2D eigenvalue weighted by Gasteiger charge is 2.51. The Kier molecular flexibility index (Phi) is 8.74. The van der Waals surface area contributed by atoms with E-state index in [0.29, 0.717) is 0 Å². The third kappa shape index (κ3) is 7.45. The molecular weight excluding hydrogens is 442 g/mol. The number of rotatable bonds is 8. The molecule has 0 aromatic heterocycles. The molecule has 1 aromatic rings. The standard InChI is InChI=1S/C21H25NO11/c1-10(23)22-17-19(31-13(4)26)18(30-12(3)25)16(9-29-11(2)24)33-21(17)32-15-7-5-6-14(8-15)20(27)28/h5-8,16-19,21H,9H2,1-4H3,(H,22,23)(H,27,28)/t16-,17-,18-,19-,21-/m1/s1. The van der Waals surface area contributed by atoms with Gasteiger partial charge in [-0.2, -0.15) is 0 Å². The number of hydrogen-bond donors (Lipinski definition) is 2. The van der Waals surface area contributed by atoms with Gasteiger partial charge in [0.05, 0.1) is 5.56 Å². The zero-order chi connectivity index (χ0) is 24.7. The summed E-state index contributed by atoms with van der Waals surface area (Å²) in [6.07, 6.45) is -5.01. The lowest BCUT2D eigenvalue weighted by atomic mass is 9.96. The van der Waals surface area contributed by atoms with Crippen LogP contribution in [0.4, 0.5) is 0 Å². The van der Waals surface area contributed by atoms with Crippen molar-refractivity contribution >= 4 is 29.8 Å². The van der Waals surface area contributed by atoms with E-state index < -0.39 is 60.4 Å². The number of hydrogen-bond acceptors (Lipinski definition) is 10. The lowest BCUT2D eigenvalue weighted by molar-refractivity contribution is -0.257. The quantitative estimate of drug-likeness (QED) is 0.402. The van der Waals surface area contributed by atoms with E-state index in [-0.39, 0.29) is 17.9 Å². The van der Waals surface area contributed by atoms with Gasteiger partial charge in [0.25, 0.3) is 0 Å². The average Bonchev–Trinajstić information content (AvgIpc) is 2.70. The van der Waals surface area contributed by atoms with Crippen molar-refractivity contribution in [2.24, 2.45) is 0 Å². The topological polar surface area (TPSA) is 164 Å². The van der Waals surface area contributed by atoms with Crippen molar-refractivity contribution < 1.29 is 52.8 Å². The molecule has 1 aliphatic heterocycles. The largest absolute Gasteiger partial charge is 0.478 e. The molecule has 0 saturated carbocycles. The predicted octanol–water partition coefficient (Wildman–Crippen LogP) is 0.420. The van der Waals surface area contributed by atoms with Crippen LogP contribution in [0.2, 0.25) is 0 Å². The van der Waals surface area contributed by atoms with E-state index in [2.05, 4.69) is 5.32 Å². The van der Waals surface area contributed by atoms with E-state index in [1.165, 1.54) is 38.1 Å². The first-order valence-electron chi connectivity index (χ1n) is 9.88. The maximum absolute atomic E-state index is 11.9. The summed E-state index contributed by atoms with van der Waals surface area (Å²) in [4.78, 5) is 58.1. The van der Waals surface area contributed by atoms with Crippen molar-refractivity contribution in [2.45, 2.75) is 58.3 Å². The predicted molar refractivity (Wildman–Crippen MR) is 108 cm³/mol. The Labute approximate surface area is 189 Å². The number of benzene rings is 1. The van der Waals surface area contributed by atoms with Crippen LogP contribution in [0.25, 0.3) is 0 Å². The van der Waals surface area contributed by atoms with Gasteiger partial charge in [-0.05, 0) is 18.2 Å². The van der Waals surface area contributed by atoms with Crippen LogP contribution in [0.3, 0.4) is 0 Å². The summed E-state index contributed by atoms with van der Waals surface area (Å²) in [6.45, 7) is 4.24. The molecule has 0 unspecified atom stereocenters. The minimum atomic E-state index is -1.34. The molecule has 0 aliphatic carbocycles. The Hall–Kier alpha value is -3.67. The van der Waals surface area contributed by atoms with Gasteiger partial charge in [-0.3, -0.25) is 19.2 Å². The van der Waals surface area contributed by atoms with Crippen molar-refractivity contribution in [3.8, 4) is 5.75 Å². The highest BCUT2D eigenvalue weighted by molar-refractivity contribution is 5.88. The normalized spacial score (nSPS) is 24.2. The summed E-state index contributed by atoms with van der Waals surface area (Å²) in [5.74, 6) is -3.76. The fourth-order valence-corrected chi connectivity index (χ4v) is 3.23. The molecule has 1 heterocycles. The number of carbonyl (C=O) groups excluding carboxylic acids is 4. The molecule has 180 valence electrons. The number of carboxylic acids is 1. The second-order valence-electron chi connectivity index (χ2n) is 7.17. The first kappa shape index (κ1) is 25.6. The van der Waals surface area contributed by atoms with Gasteiger partial charge in [-0.15, -0.1) is 0 Å². The van der Waals surface area contributed by atoms with E-state index >= 15 is 0 Å². The van der Waals surface area contributed by atoms with Crippen molar-refractivity contribution in [1.29, 1.82) is 0 Å². The average molecular weight is 467 g/mol.